The van der Waals surface area contributed by atoms with Crippen LogP contribution in [-0.4, -0.2) is 39.1 Å². The molecule has 6 nitrogen and oxygen atoms in total. The van der Waals surface area contributed by atoms with Crippen molar-refractivity contribution < 1.29 is 4.79 Å². The number of nitrogens with zero attached hydrogens (tertiary/aromatic N) is 3. The molecule has 0 saturated carbocycles. The summed E-state index contributed by atoms with van der Waals surface area (Å²) < 4.78 is 3.37. The third-order valence-corrected chi connectivity index (χ3v) is 5.79. The van der Waals surface area contributed by atoms with E-state index in [0.29, 0.717) is 6.54 Å². The molecular weight excluding hydrogens is 376 g/mol. The SMILES string of the molecule is CCCn1c(=O)n(CC(=O)NC2CCCN(Cc3ccccc3)C2)c2ccccc21. The first kappa shape index (κ1) is 20.4. The van der Waals surface area contributed by atoms with E-state index in [1.165, 1.54) is 5.56 Å². The molecule has 2 heterocycles. The van der Waals surface area contributed by atoms with E-state index in [-0.39, 0.29) is 24.2 Å². The fraction of sp³-hybridized carbons (Fsp3) is 0.417. The number of likely N-dealkylation sites (tertiary alicyclic amines) is 1. The lowest BCUT2D eigenvalue weighted by Gasteiger charge is -2.33. The number of benzene rings is 2. The molecule has 158 valence electrons. The summed E-state index contributed by atoms with van der Waals surface area (Å²) in [6, 6.07) is 18.3. The number of amides is 1. The lowest BCUT2D eigenvalue weighted by Crippen LogP contribution is -2.48. The number of aryl methyl sites for hydroxylation is 1. The molecule has 2 aromatic carbocycles. The Labute approximate surface area is 177 Å². The molecule has 0 spiro atoms. The van der Waals surface area contributed by atoms with Crippen LogP contribution in [0.4, 0.5) is 0 Å². The minimum Gasteiger partial charge on any atom is -0.351 e. The summed E-state index contributed by atoms with van der Waals surface area (Å²) >= 11 is 0. The molecule has 4 rings (SSSR count). The second kappa shape index (κ2) is 9.30. The molecule has 0 aliphatic carbocycles. The minimum atomic E-state index is -0.109. The maximum Gasteiger partial charge on any atom is 0.329 e. The number of carbonyl (C=O) groups excluding carboxylic acids is 1. The van der Waals surface area contributed by atoms with Gasteiger partial charge in [0.15, 0.2) is 0 Å². The number of imidazole rings is 1. The van der Waals surface area contributed by atoms with Gasteiger partial charge in [-0.1, -0.05) is 49.4 Å². The summed E-state index contributed by atoms with van der Waals surface area (Å²) in [5.74, 6) is -0.0944. The van der Waals surface area contributed by atoms with Crippen LogP contribution in [0.1, 0.15) is 31.7 Å². The second-order valence-electron chi connectivity index (χ2n) is 8.14. The number of hydrogen-bond donors (Lipinski definition) is 1. The zero-order chi connectivity index (χ0) is 20.9. The topological polar surface area (TPSA) is 59.3 Å². The van der Waals surface area contributed by atoms with E-state index in [0.717, 1.165) is 49.9 Å². The lowest BCUT2D eigenvalue weighted by atomic mass is 10.0. The molecule has 1 aliphatic rings. The van der Waals surface area contributed by atoms with Gasteiger partial charge in [-0.3, -0.25) is 18.8 Å². The van der Waals surface area contributed by atoms with Crippen molar-refractivity contribution in [1.82, 2.24) is 19.4 Å². The van der Waals surface area contributed by atoms with Crippen LogP contribution in [0.2, 0.25) is 0 Å². The summed E-state index contributed by atoms with van der Waals surface area (Å²) in [5, 5.41) is 3.17. The third-order valence-electron chi connectivity index (χ3n) is 5.79. The van der Waals surface area contributed by atoms with Crippen LogP contribution < -0.4 is 11.0 Å². The molecule has 1 atom stereocenters. The van der Waals surface area contributed by atoms with Crippen LogP contribution in [0, 0.1) is 0 Å². The van der Waals surface area contributed by atoms with Gasteiger partial charge >= 0.3 is 5.69 Å². The molecule has 6 heteroatoms. The number of nitrogens with one attached hydrogen (secondary N) is 1. The molecule has 0 bridgehead atoms. The largest absolute Gasteiger partial charge is 0.351 e. The van der Waals surface area contributed by atoms with E-state index >= 15 is 0 Å². The molecule has 1 unspecified atom stereocenters. The van der Waals surface area contributed by atoms with E-state index in [4.69, 9.17) is 0 Å². The van der Waals surface area contributed by atoms with Gasteiger partial charge < -0.3 is 5.32 Å². The van der Waals surface area contributed by atoms with Gasteiger partial charge in [-0.2, -0.15) is 0 Å². The number of aromatic nitrogens is 2. The van der Waals surface area contributed by atoms with Crippen LogP contribution in [0.3, 0.4) is 0 Å². The maximum atomic E-state index is 12.9. The summed E-state index contributed by atoms with van der Waals surface area (Å²) in [7, 11) is 0. The highest BCUT2D eigenvalue weighted by atomic mass is 16.2. The van der Waals surface area contributed by atoms with Crippen LogP contribution in [0.5, 0.6) is 0 Å². The van der Waals surface area contributed by atoms with Crippen molar-refractivity contribution in [2.45, 2.75) is 51.9 Å². The normalized spacial score (nSPS) is 17.3. The molecule has 1 fully saturated rings. The predicted molar refractivity (Wildman–Crippen MR) is 119 cm³/mol. The van der Waals surface area contributed by atoms with Crippen LogP contribution in [0.25, 0.3) is 11.0 Å². The number of para-hydroxylation sites is 2. The van der Waals surface area contributed by atoms with Crippen molar-refractivity contribution in [2.24, 2.45) is 0 Å². The molecule has 1 aliphatic heterocycles. The van der Waals surface area contributed by atoms with Gasteiger partial charge in [-0.25, -0.2) is 4.79 Å². The zero-order valence-electron chi connectivity index (χ0n) is 17.6. The van der Waals surface area contributed by atoms with E-state index in [1.807, 2.05) is 30.3 Å². The number of fused-ring (bicyclic) bond motifs is 1. The van der Waals surface area contributed by atoms with E-state index < -0.39 is 0 Å². The fourth-order valence-corrected chi connectivity index (χ4v) is 4.44. The number of piperidine rings is 1. The third kappa shape index (κ3) is 4.49. The molecule has 1 saturated heterocycles. The average molecular weight is 407 g/mol. The summed E-state index contributed by atoms with van der Waals surface area (Å²) in [4.78, 5) is 28.1. The molecule has 0 radical (unpaired) electrons. The Hall–Kier alpha value is -2.86. The minimum absolute atomic E-state index is 0.0608. The number of rotatable bonds is 7. The van der Waals surface area contributed by atoms with Gasteiger partial charge in [-0.15, -0.1) is 0 Å². The van der Waals surface area contributed by atoms with Gasteiger partial charge in [0.05, 0.1) is 11.0 Å². The van der Waals surface area contributed by atoms with Gasteiger partial charge in [0.2, 0.25) is 5.91 Å². The Kier molecular flexibility index (Phi) is 6.33. The van der Waals surface area contributed by atoms with Gasteiger partial charge in [0.1, 0.15) is 6.54 Å². The first-order valence-electron chi connectivity index (χ1n) is 10.9. The summed E-state index contributed by atoms with van der Waals surface area (Å²) in [6.45, 7) is 5.56. The van der Waals surface area contributed by atoms with Crippen molar-refractivity contribution >= 4 is 16.9 Å². The van der Waals surface area contributed by atoms with Crippen molar-refractivity contribution in [3.8, 4) is 0 Å². The van der Waals surface area contributed by atoms with Crippen LogP contribution >= 0.6 is 0 Å². The number of hydrogen-bond acceptors (Lipinski definition) is 3. The van der Waals surface area contributed by atoms with E-state index in [9.17, 15) is 9.59 Å². The van der Waals surface area contributed by atoms with E-state index in [2.05, 4.69) is 41.4 Å². The van der Waals surface area contributed by atoms with Crippen molar-refractivity contribution in [3.05, 3.63) is 70.6 Å². The predicted octanol–water partition coefficient (Wildman–Crippen LogP) is 2.99. The smallest absolute Gasteiger partial charge is 0.329 e. The first-order chi connectivity index (χ1) is 14.7. The van der Waals surface area contributed by atoms with Crippen molar-refractivity contribution in [1.29, 1.82) is 0 Å². The van der Waals surface area contributed by atoms with Crippen LogP contribution in [0.15, 0.2) is 59.4 Å². The Balaban J connectivity index is 1.42. The van der Waals surface area contributed by atoms with Gasteiger partial charge in [0.25, 0.3) is 0 Å². The molecule has 30 heavy (non-hydrogen) atoms. The van der Waals surface area contributed by atoms with Crippen molar-refractivity contribution in [3.63, 3.8) is 0 Å². The Morgan fingerprint density at radius 1 is 1.03 bits per heavy atom. The Morgan fingerprint density at radius 3 is 2.47 bits per heavy atom. The molecule has 1 N–H and O–H groups in total. The van der Waals surface area contributed by atoms with E-state index in [1.54, 1.807) is 9.13 Å². The summed E-state index contributed by atoms with van der Waals surface area (Å²) in [6.07, 6.45) is 2.91. The number of carbonyl (C=O) groups is 1. The Morgan fingerprint density at radius 2 is 1.73 bits per heavy atom. The highest BCUT2D eigenvalue weighted by molar-refractivity contribution is 5.81. The molecule has 3 aromatic rings. The zero-order valence-corrected chi connectivity index (χ0v) is 17.6. The monoisotopic (exact) mass is 406 g/mol. The quantitative estimate of drug-likeness (QED) is 0.656. The molecule has 1 aromatic heterocycles. The molecular formula is C24H30N4O2. The highest BCUT2D eigenvalue weighted by Crippen LogP contribution is 2.15. The maximum absolute atomic E-state index is 12.9. The van der Waals surface area contributed by atoms with Gasteiger partial charge in [-0.05, 0) is 43.5 Å². The second-order valence-corrected chi connectivity index (χ2v) is 8.14. The highest BCUT2D eigenvalue weighted by Gasteiger charge is 2.22. The lowest BCUT2D eigenvalue weighted by molar-refractivity contribution is -0.122. The fourth-order valence-electron chi connectivity index (χ4n) is 4.44. The standard InChI is InChI=1S/C24H30N4O2/c1-2-14-27-21-12-6-7-13-22(21)28(24(27)30)18-23(29)25-20-11-8-15-26(17-20)16-19-9-4-3-5-10-19/h3-7,9-10,12-13,20H,2,8,11,14-18H2,1H3,(H,25,29). The first-order valence-corrected chi connectivity index (χ1v) is 10.9. The Bertz CT molecular complexity index is 1050. The van der Waals surface area contributed by atoms with Crippen molar-refractivity contribution in [2.75, 3.05) is 13.1 Å². The summed E-state index contributed by atoms with van der Waals surface area (Å²) in [5.41, 5.74) is 2.90. The average Bonchev–Trinajstić information content (AvgIpc) is 3.01. The van der Waals surface area contributed by atoms with Crippen LogP contribution in [-0.2, 0) is 24.4 Å². The molecule has 1 amide bonds. The van der Waals surface area contributed by atoms with Gasteiger partial charge in [0, 0.05) is 25.7 Å².